The largest absolute Gasteiger partial charge is 0.310 e. The molecule has 0 atom stereocenters. The molecule has 138 valence electrons. The Morgan fingerprint density at radius 2 is 1.93 bits per heavy atom. The summed E-state index contributed by atoms with van der Waals surface area (Å²) < 4.78 is 0. The minimum Gasteiger partial charge on any atom is -0.310 e. The van der Waals surface area contributed by atoms with E-state index in [-0.39, 0.29) is 5.91 Å². The van der Waals surface area contributed by atoms with Gasteiger partial charge in [0, 0.05) is 29.2 Å². The van der Waals surface area contributed by atoms with Crippen molar-refractivity contribution in [3.8, 4) is 10.6 Å². The van der Waals surface area contributed by atoms with Gasteiger partial charge in [0.25, 0.3) is 0 Å². The number of aromatic nitrogens is 4. The number of nitrogens with zero attached hydrogens (tertiary/aromatic N) is 5. The van der Waals surface area contributed by atoms with Gasteiger partial charge >= 0.3 is 0 Å². The third kappa shape index (κ3) is 3.19. The third-order valence-corrected chi connectivity index (χ3v) is 6.43. The van der Waals surface area contributed by atoms with E-state index in [0.717, 1.165) is 26.5 Å². The van der Waals surface area contributed by atoms with Gasteiger partial charge in [0.2, 0.25) is 5.91 Å². The Labute approximate surface area is 160 Å². The van der Waals surface area contributed by atoms with Crippen molar-refractivity contribution in [1.29, 1.82) is 0 Å². The van der Waals surface area contributed by atoms with Crippen molar-refractivity contribution in [2.45, 2.75) is 44.7 Å². The van der Waals surface area contributed by atoms with Crippen molar-refractivity contribution in [2.75, 3.05) is 11.9 Å². The van der Waals surface area contributed by atoms with Crippen molar-refractivity contribution in [3.63, 3.8) is 0 Å². The second kappa shape index (κ2) is 6.61. The predicted octanol–water partition coefficient (Wildman–Crippen LogP) is 3.02. The Hall–Kier alpha value is -2.45. The van der Waals surface area contributed by atoms with Gasteiger partial charge in [-0.25, -0.2) is 4.98 Å². The average molecular weight is 380 g/mol. The number of rotatable bonds is 4. The topological polar surface area (TPSA) is 83.9 Å². The number of nitrogens with one attached hydrogen (secondary N) is 1. The van der Waals surface area contributed by atoms with Crippen LogP contribution in [0.1, 0.15) is 30.7 Å². The number of pyridine rings is 2. The molecule has 7 nitrogen and oxygen atoms in total. The molecule has 0 radical (unpaired) electrons. The predicted molar refractivity (Wildman–Crippen MR) is 105 cm³/mol. The normalized spacial score (nSPS) is 21.8. The van der Waals surface area contributed by atoms with E-state index < -0.39 is 0 Å². The molecule has 27 heavy (non-hydrogen) atoms. The molecule has 0 spiro atoms. The van der Waals surface area contributed by atoms with E-state index in [9.17, 15) is 4.79 Å². The van der Waals surface area contributed by atoms with E-state index in [4.69, 9.17) is 0 Å². The summed E-state index contributed by atoms with van der Waals surface area (Å²) in [6.07, 6.45) is 8.39. The van der Waals surface area contributed by atoms with Gasteiger partial charge in [-0.1, -0.05) is 11.3 Å². The van der Waals surface area contributed by atoms with Gasteiger partial charge in [-0.3, -0.25) is 14.7 Å². The molecule has 5 rings (SSSR count). The first-order chi connectivity index (χ1) is 13.2. The average Bonchev–Trinajstić information content (AvgIpc) is 3.37. The molecule has 2 saturated heterocycles. The van der Waals surface area contributed by atoms with Gasteiger partial charge in [0.15, 0.2) is 0 Å². The fourth-order valence-electron chi connectivity index (χ4n) is 4.26. The number of carbonyl (C=O) groups is 1. The highest BCUT2D eigenvalue weighted by Gasteiger charge is 2.39. The van der Waals surface area contributed by atoms with E-state index in [1.54, 1.807) is 12.4 Å². The zero-order chi connectivity index (χ0) is 18.4. The number of hydrogen-bond acceptors (Lipinski definition) is 7. The van der Waals surface area contributed by atoms with Crippen LogP contribution in [0.3, 0.4) is 0 Å². The van der Waals surface area contributed by atoms with Crippen LogP contribution in [-0.2, 0) is 4.79 Å². The van der Waals surface area contributed by atoms with Crippen molar-refractivity contribution >= 4 is 34.0 Å². The van der Waals surface area contributed by atoms with Crippen LogP contribution in [0.2, 0.25) is 0 Å². The summed E-state index contributed by atoms with van der Waals surface area (Å²) in [5, 5.41) is 13.9. The van der Waals surface area contributed by atoms with Crippen LogP contribution in [0.25, 0.3) is 21.5 Å². The number of hydrogen-bond donors (Lipinski definition) is 1. The van der Waals surface area contributed by atoms with Crippen LogP contribution in [-0.4, -0.2) is 49.6 Å². The first-order valence-corrected chi connectivity index (χ1v) is 10.1. The lowest BCUT2D eigenvalue weighted by atomic mass is 10.0. The smallest absolute Gasteiger partial charge is 0.239 e. The first-order valence-electron chi connectivity index (χ1n) is 9.27. The van der Waals surface area contributed by atoms with Crippen LogP contribution in [0.4, 0.5) is 5.82 Å². The summed E-state index contributed by atoms with van der Waals surface area (Å²) in [7, 11) is 0. The lowest BCUT2D eigenvalue weighted by Gasteiger charge is -2.20. The number of amides is 1. The quantitative estimate of drug-likeness (QED) is 0.749. The summed E-state index contributed by atoms with van der Waals surface area (Å²) in [4.78, 5) is 23.6. The molecule has 0 unspecified atom stereocenters. The number of anilines is 1. The van der Waals surface area contributed by atoms with Gasteiger partial charge in [0.1, 0.15) is 15.8 Å². The number of aryl methyl sites for hydroxylation is 1. The first kappa shape index (κ1) is 16.7. The molecule has 2 fully saturated rings. The van der Waals surface area contributed by atoms with Gasteiger partial charge in [0.05, 0.1) is 18.3 Å². The Kier molecular flexibility index (Phi) is 4.09. The molecular weight excluding hydrogens is 360 g/mol. The molecule has 2 bridgehead atoms. The highest BCUT2D eigenvalue weighted by Crippen LogP contribution is 2.37. The minimum absolute atomic E-state index is 0.00418. The zero-order valence-electron chi connectivity index (χ0n) is 15.1. The van der Waals surface area contributed by atoms with E-state index in [1.807, 2.05) is 19.1 Å². The molecule has 1 amide bonds. The fourth-order valence-corrected chi connectivity index (χ4v) is 4.93. The molecule has 5 heterocycles. The number of fused-ring (bicyclic) bond motifs is 3. The van der Waals surface area contributed by atoms with Crippen LogP contribution >= 0.6 is 11.3 Å². The summed E-state index contributed by atoms with van der Waals surface area (Å²) in [5.41, 5.74) is 1.71. The van der Waals surface area contributed by atoms with Gasteiger partial charge < -0.3 is 5.32 Å². The molecule has 0 saturated carbocycles. The van der Waals surface area contributed by atoms with Crippen LogP contribution < -0.4 is 5.32 Å². The molecule has 0 aliphatic carbocycles. The molecule has 3 aromatic heterocycles. The monoisotopic (exact) mass is 380 g/mol. The Bertz CT molecular complexity index is 998. The summed E-state index contributed by atoms with van der Waals surface area (Å²) in [6, 6.07) is 5.07. The van der Waals surface area contributed by atoms with E-state index in [2.05, 4.69) is 30.4 Å². The standard InChI is InChI=1S/C19H20N6OS/c1-11-23-24-19(27-11)13-6-12-7-17(21-9-16(12)20-8-13)22-18(26)10-25-14-2-3-15(25)5-4-14/h6-9,14-15H,2-5,10H2,1H3,(H,21,22,26). The van der Waals surface area contributed by atoms with Gasteiger partial charge in [-0.2, -0.15) is 0 Å². The molecule has 2 aliphatic rings. The lowest BCUT2D eigenvalue weighted by molar-refractivity contribution is -0.117. The Morgan fingerprint density at radius 3 is 2.63 bits per heavy atom. The maximum Gasteiger partial charge on any atom is 0.239 e. The molecule has 2 aliphatic heterocycles. The van der Waals surface area contributed by atoms with Crippen molar-refractivity contribution in [3.05, 3.63) is 29.5 Å². The van der Waals surface area contributed by atoms with E-state index >= 15 is 0 Å². The lowest BCUT2D eigenvalue weighted by Crippen LogP contribution is -2.36. The van der Waals surface area contributed by atoms with E-state index in [0.29, 0.717) is 24.4 Å². The zero-order valence-corrected chi connectivity index (χ0v) is 15.9. The number of carbonyl (C=O) groups excluding carboxylic acids is 1. The summed E-state index contributed by atoms with van der Waals surface area (Å²) >= 11 is 1.54. The maximum atomic E-state index is 12.5. The van der Waals surface area contributed by atoms with Crippen molar-refractivity contribution in [2.24, 2.45) is 0 Å². The third-order valence-electron chi connectivity index (χ3n) is 5.54. The second-order valence-electron chi connectivity index (χ2n) is 7.30. The van der Waals surface area contributed by atoms with Crippen molar-refractivity contribution < 1.29 is 4.79 Å². The molecule has 1 N–H and O–H groups in total. The molecule has 0 aromatic carbocycles. The van der Waals surface area contributed by atoms with Gasteiger partial charge in [-0.15, -0.1) is 10.2 Å². The summed E-state index contributed by atoms with van der Waals surface area (Å²) in [5.74, 6) is 0.566. The second-order valence-corrected chi connectivity index (χ2v) is 8.48. The van der Waals surface area contributed by atoms with Crippen LogP contribution in [0, 0.1) is 6.92 Å². The fraction of sp³-hybridized carbons (Fsp3) is 0.421. The molecule has 3 aromatic rings. The minimum atomic E-state index is 0.00418. The highest BCUT2D eigenvalue weighted by molar-refractivity contribution is 7.14. The molecule has 8 heteroatoms. The van der Waals surface area contributed by atoms with Crippen LogP contribution in [0.15, 0.2) is 24.5 Å². The van der Waals surface area contributed by atoms with E-state index in [1.165, 1.54) is 37.0 Å². The van der Waals surface area contributed by atoms with Crippen molar-refractivity contribution in [1.82, 2.24) is 25.1 Å². The Morgan fingerprint density at radius 1 is 1.15 bits per heavy atom. The summed E-state index contributed by atoms with van der Waals surface area (Å²) in [6.45, 7) is 2.39. The molecular formula is C19H20N6OS. The van der Waals surface area contributed by atoms with Crippen LogP contribution in [0.5, 0.6) is 0 Å². The maximum absolute atomic E-state index is 12.5. The Balaban J connectivity index is 1.35. The highest BCUT2D eigenvalue weighted by atomic mass is 32.1. The SMILES string of the molecule is Cc1nnc(-c2cnc3cnc(NC(=O)CN4C5CCC4CC5)cc3c2)s1. The van der Waals surface area contributed by atoms with Gasteiger partial charge in [-0.05, 0) is 44.7 Å².